The number of nitrogens with zero attached hydrogens (tertiary/aromatic N) is 1. The first kappa shape index (κ1) is 9.74. The van der Waals surface area contributed by atoms with Crippen LogP contribution in [-0.4, -0.2) is 29.1 Å². The summed E-state index contributed by atoms with van der Waals surface area (Å²) in [6.45, 7) is 0.190. The van der Waals surface area contributed by atoms with E-state index in [1.807, 2.05) is 6.07 Å². The SMILES string of the molecule is [CH2]N(CCO)C(=O)c1ccccc1. The molecule has 0 aliphatic heterocycles. The van der Waals surface area contributed by atoms with Crippen molar-refractivity contribution in [2.75, 3.05) is 13.2 Å². The molecule has 0 saturated heterocycles. The van der Waals surface area contributed by atoms with Crippen LogP contribution in [0.5, 0.6) is 0 Å². The van der Waals surface area contributed by atoms with Crippen LogP contribution in [-0.2, 0) is 0 Å². The fourth-order valence-electron chi connectivity index (χ4n) is 0.986. The van der Waals surface area contributed by atoms with Crippen LogP contribution < -0.4 is 0 Å². The molecule has 1 rings (SSSR count). The third-order valence-electron chi connectivity index (χ3n) is 1.68. The summed E-state index contributed by atoms with van der Waals surface area (Å²) in [5.41, 5.74) is 0.589. The zero-order chi connectivity index (χ0) is 9.68. The van der Waals surface area contributed by atoms with E-state index in [1.165, 1.54) is 4.90 Å². The highest BCUT2D eigenvalue weighted by Gasteiger charge is 2.09. The fraction of sp³-hybridized carbons (Fsp3) is 0.200. The number of benzene rings is 1. The highest BCUT2D eigenvalue weighted by molar-refractivity contribution is 5.94. The molecule has 0 spiro atoms. The Morgan fingerprint density at radius 2 is 2.00 bits per heavy atom. The van der Waals surface area contributed by atoms with Crippen molar-refractivity contribution in [1.29, 1.82) is 0 Å². The van der Waals surface area contributed by atoms with Gasteiger partial charge >= 0.3 is 0 Å². The van der Waals surface area contributed by atoms with Gasteiger partial charge in [-0.3, -0.25) is 4.79 Å². The van der Waals surface area contributed by atoms with E-state index < -0.39 is 0 Å². The molecule has 0 heterocycles. The van der Waals surface area contributed by atoms with Crippen molar-refractivity contribution in [3.63, 3.8) is 0 Å². The minimum atomic E-state index is -0.172. The summed E-state index contributed by atoms with van der Waals surface area (Å²) in [6.07, 6.45) is 0. The Kier molecular flexibility index (Phi) is 3.46. The standard InChI is InChI=1S/C10H12NO2/c1-11(7-8-12)10(13)9-5-3-2-4-6-9/h2-6,12H,1,7-8H2. The number of aliphatic hydroxyl groups excluding tert-OH is 1. The van der Waals surface area contributed by atoms with Gasteiger partial charge in [-0.25, -0.2) is 0 Å². The van der Waals surface area contributed by atoms with Crippen LogP contribution in [0.4, 0.5) is 0 Å². The van der Waals surface area contributed by atoms with Gasteiger partial charge in [-0.15, -0.1) is 0 Å². The Morgan fingerprint density at radius 3 is 2.54 bits per heavy atom. The summed E-state index contributed by atoms with van der Waals surface area (Å²) < 4.78 is 0. The molecule has 0 aliphatic rings. The van der Waals surface area contributed by atoms with Crippen molar-refractivity contribution in [1.82, 2.24) is 4.90 Å². The predicted molar refractivity (Wildman–Crippen MR) is 49.9 cm³/mol. The van der Waals surface area contributed by atoms with Crippen molar-refractivity contribution in [3.05, 3.63) is 42.9 Å². The van der Waals surface area contributed by atoms with Crippen molar-refractivity contribution >= 4 is 5.91 Å². The lowest BCUT2D eigenvalue weighted by molar-refractivity contribution is 0.0793. The zero-order valence-electron chi connectivity index (χ0n) is 7.31. The molecule has 3 heteroatoms. The number of amides is 1. The van der Waals surface area contributed by atoms with E-state index in [9.17, 15) is 4.79 Å². The van der Waals surface area contributed by atoms with Crippen LogP contribution in [0.3, 0.4) is 0 Å². The number of carbonyl (C=O) groups is 1. The molecular weight excluding hydrogens is 166 g/mol. The highest BCUT2D eigenvalue weighted by Crippen LogP contribution is 2.02. The highest BCUT2D eigenvalue weighted by atomic mass is 16.3. The minimum Gasteiger partial charge on any atom is -0.395 e. The summed E-state index contributed by atoms with van der Waals surface area (Å²) in [4.78, 5) is 12.7. The zero-order valence-corrected chi connectivity index (χ0v) is 7.31. The number of aliphatic hydroxyl groups is 1. The second-order valence-corrected chi connectivity index (χ2v) is 2.66. The molecule has 0 bridgehead atoms. The topological polar surface area (TPSA) is 40.5 Å². The Balaban J connectivity index is 2.68. The van der Waals surface area contributed by atoms with Gasteiger partial charge in [-0.1, -0.05) is 18.2 Å². The molecule has 13 heavy (non-hydrogen) atoms. The van der Waals surface area contributed by atoms with Gasteiger partial charge in [0.05, 0.1) is 6.61 Å². The molecule has 0 fully saturated rings. The molecule has 1 N–H and O–H groups in total. The van der Waals surface area contributed by atoms with Crippen molar-refractivity contribution < 1.29 is 9.90 Å². The van der Waals surface area contributed by atoms with E-state index in [0.29, 0.717) is 5.56 Å². The average molecular weight is 178 g/mol. The summed E-state index contributed by atoms with van der Waals surface area (Å²) >= 11 is 0. The van der Waals surface area contributed by atoms with E-state index in [4.69, 9.17) is 5.11 Å². The van der Waals surface area contributed by atoms with Gasteiger partial charge in [0.2, 0.25) is 0 Å². The summed E-state index contributed by atoms with van der Waals surface area (Å²) in [5, 5.41) is 8.60. The Morgan fingerprint density at radius 1 is 1.38 bits per heavy atom. The number of carbonyl (C=O) groups excluding carboxylic acids is 1. The molecule has 0 aliphatic carbocycles. The maximum atomic E-state index is 11.5. The lowest BCUT2D eigenvalue weighted by Crippen LogP contribution is -2.27. The maximum absolute atomic E-state index is 11.5. The third-order valence-corrected chi connectivity index (χ3v) is 1.68. The van der Waals surface area contributed by atoms with Crippen LogP contribution in [0.15, 0.2) is 30.3 Å². The van der Waals surface area contributed by atoms with E-state index in [1.54, 1.807) is 24.3 Å². The first-order valence-corrected chi connectivity index (χ1v) is 4.04. The molecule has 1 aromatic carbocycles. The predicted octanol–water partition coefficient (Wildman–Crippen LogP) is 0.913. The van der Waals surface area contributed by atoms with Gasteiger partial charge < -0.3 is 10.0 Å². The summed E-state index contributed by atoms with van der Waals surface area (Å²) in [6, 6.07) is 8.87. The fourth-order valence-corrected chi connectivity index (χ4v) is 0.986. The molecule has 1 radical (unpaired) electrons. The average Bonchev–Trinajstić information content (AvgIpc) is 2.18. The van der Waals surface area contributed by atoms with Crippen LogP contribution in [0, 0.1) is 7.05 Å². The summed E-state index contributed by atoms with van der Waals surface area (Å²) in [7, 11) is 3.53. The van der Waals surface area contributed by atoms with Crippen molar-refractivity contribution in [3.8, 4) is 0 Å². The van der Waals surface area contributed by atoms with E-state index in [0.717, 1.165) is 0 Å². The molecule has 3 nitrogen and oxygen atoms in total. The Hall–Kier alpha value is -1.35. The quantitative estimate of drug-likeness (QED) is 0.747. The molecule has 69 valence electrons. The molecule has 0 atom stereocenters. The first-order chi connectivity index (χ1) is 6.25. The largest absolute Gasteiger partial charge is 0.395 e. The van der Waals surface area contributed by atoms with Gasteiger partial charge in [0.15, 0.2) is 0 Å². The van der Waals surface area contributed by atoms with E-state index in [-0.39, 0.29) is 19.1 Å². The van der Waals surface area contributed by atoms with Crippen molar-refractivity contribution in [2.24, 2.45) is 0 Å². The van der Waals surface area contributed by atoms with Crippen molar-refractivity contribution in [2.45, 2.75) is 0 Å². The maximum Gasteiger partial charge on any atom is 0.253 e. The third kappa shape index (κ3) is 2.56. The van der Waals surface area contributed by atoms with Gasteiger partial charge in [-0.05, 0) is 12.1 Å². The molecule has 0 aromatic heterocycles. The Bertz CT molecular complexity index is 272. The molecular formula is C10H12NO2. The first-order valence-electron chi connectivity index (χ1n) is 4.04. The van der Waals surface area contributed by atoms with E-state index in [2.05, 4.69) is 7.05 Å². The molecule has 0 saturated carbocycles. The number of hydrogen-bond acceptors (Lipinski definition) is 2. The molecule has 1 amide bonds. The number of hydrogen-bond donors (Lipinski definition) is 1. The van der Waals surface area contributed by atoms with Crippen LogP contribution in [0.25, 0.3) is 0 Å². The van der Waals surface area contributed by atoms with Gasteiger partial charge in [0.1, 0.15) is 0 Å². The van der Waals surface area contributed by atoms with Crippen LogP contribution >= 0.6 is 0 Å². The lowest BCUT2D eigenvalue weighted by Gasteiger charge is -2.14. The molecule has 1 aromatic rings. The van der Waals surface area contributed by atoms with Gasteiger partial charge in [0.25, 0.3) is 5.91 Å². The van der Waals surface area contributed by atoms with Crippen LogP contribution in [0.2, 0.25) is 0 Å². The summed E-state index contributed by atoms with van der Waals surface area (Å²) in [5.74, 6) is -0.172. The smallest absolute Gasteiger partial charge is 0.253 e. The minimum absolute atomic E-state index is 0.0674. The number of rotatable bonds is 3. The van der Waals surface area contributed by atoms with Crippen LogP contribution in [0.1, 0.15) is 10.4 Å². The van der Waals surface area contributed by atoms with E-state index >= 15 is 0 Å². The normalized spacial score (nSPS) is 9.69. The van der Waals surface area contributed by atoms with Gasteiger partial charge in [-0.2, -0.15) is 0 Å². The second-order valence-electron chi connectivity index (χ2n) is 2.66. The second kappa shape index (κ2) is 4.62. The monoisotopic (exact) mass is 178 g/mol. The Labute approximate surface area is 77.6 Å². The van der Waals surface area contributed by atoms with Gasteiger partial charge in [0, 0.05) is 19.2 Å². The lowest BCUT2D eigenvalue weighted by atomic mass is 10.2. The molecule has 0 unspecified atom stereocenters.